The maximum atomic E-state index is 6.08. The number of aryl methyl sites for hydroxylation is 2. The average molecular weight is 286 g/mol. The van der Waals surface area contributed by atoms with Gasteiger partial charge in [0.15, 0.2) is 0 Å². The largest absolute Gasteiger partial charge is 0.398 e. The van der Waals surface area contributed by atoms with Crippen LogP contribution in [0, 0.1) is 6.92 Å². The number of hydrogen-bond donors (Lipinski definition) is 1. The zero-order valence-electron chi connectivity index (χ0n) is 13.5. The lowest BCUT2D eigenvalue weighted by atomic mass is 10.1. The quantitative estimate of drug-likeness (QED) is 0.830. The SMILES string of the molecule is CCn1nc(C)cc1CN(Cc1ccccc1N)C(C)C. The number of benzene rings is 1. The topological polar surface area (TPSA) is 47.1 Å². The van der Waals surface area contributed by atoms with E-state index in [-0.39, 0.29) is 0 Å². The molecule has 0 unspecified atom stereocenters. The Morgan fingerprint density at radius 2 is 1.95 bits per heavy atom. The minimum atomic E-state index is 0.449. The van der Waals surface area contributed by atoms with Gasteiger partial charge < -0.3 is 5.73 Å². The van der Waals surface area contributed by atoms with Gasteiger partial charge in [-0.05, 0) is 45.4 Å². The van der Waals surface area contributed by atoms with Gasteiger partial charge >= 0.3 is 0 Å². The first kappa shape index (κ1) is 15.6. The second kappa shape index (κ2) is 6.76. The first-order valence-electron chi connectivity index (χ1n) is 7.62. The van der Waals surface area contributed by atoms with E-state index in [1.54, 1.807) is 0 Å². The fraction of sp³-hybridized carbons (Fsp3) is 0.471. The molecule has 1 aromatic carbocycles. The van der Waals surface area contributed by atoms with Gasteiger partial charge in [0, 0.05) is 31.4 Å². The first-order chi connectivity index (χ1) is 10.0. The van der Waals surface area contributed by atoms with E-state index < -0.39 is 0 Å². The van der Waals surface area contributed by atoms with Crippen LogP contribution < -0.4 is 5.73 Å². The molecule has 1 aromatic heterocycles. The molecule has 0 saturated heterocycles. The molecule has 0 aliphatic heterocycles. The summed E-state index contributed by atoms with van der Waals surface area (Å²) in [4.78, 5) is 2.42. The lowest BCUT2D eigenvalue weighted by molar-refractivity contribution is 0.198. The van der Waals surface area contributed by atoms with Gasteiger partial charge in [-0.3, -0.25) is 9.58 Å². The molecule has 1 heterocycles. The van der Waals surface area contributed by atoms with E-state index in [1.165, 1.54) is 11.3 Å². The number of hydrogen-bond acceptors (Lipinski definition) is 3. The van der Waals surface area contributed by atoms with Gasteiger partial charge in [-0.1, -0.05) is 18.2 Å². The van der Waals surface area contributed by atoms with E-state index in [0.29, 0.717) is 6.04 Å². The predicted octanol–water partition coefficient (Wildman–Crippen LogP) is 3.20. The zero-order valence-corrected chi connectivity index (χ0v) is 13.5. The van der Waals surface area contributed by atoms with Gasteiger partial charge in [0.2, 0.25) is 0 Å². The average Bonchev–Trinajstić information content (AvgIpc) is 2.80. The van der Waals surface area contributed by atoms with Gasteiger partial charge in [-0.2, -0.15) is 5.10 Å². The Bertz CT molecular complexity index is 586. The number of nitrogens with two attached hydrogens (primary N) is 1. The number of nitrogen functional groups attached to an aromatic ring is 1. The molecule has 0 atom stereocenters. The summed E-state index contributed by atoms with van der Waals surface area (Å²) in [5, 5.41) is 4.53. The van der Waals surface area contributed by atoms with E-state index >= 15 is 0 Å². The molecule has 0 aliphatic rings. The van der Waals surface area contributed by atoms with E-state index in [0.717, 1.165) is 31.0 Å². The summed E-state index contributed by atoms with van der Waals surface area (Å²) in [5.41, 5.74) is 10.5. The zero-order chi connectivity index (χ0) is 15.4. The second-order valence-corrected chi connectivity index (χ2v) is 5.79. The highest BCUT2D eigenvalue weighted by Crippen LogP contribution is 2.18. The third kappa shape index (κ3) is 3.85. The van der Waals surface area contributed by atoms with E-state index in [1.807, 2.05) is 25.1 Å². The van der Waals surface area contributed by atoms with Crippen LogP contribution in [0.15, 0.2) is 30.3 Å². The highest BCUT2D eigenvalue weighted by atomic mass is 15.3. The molecule has 114 valence electrons. The number of anilines is 1. The molecule has 0 fully saturated rings. The molecule has 0 radical (unpaired) electrons. The molecule has 4 heteroatoms. The van der Waals surface area contributed by atoms with Crippen molar-refractivity contribution < 1.29 is 0 Å². The van der Waals surface area contributed by atoms with Crippen molar-refractivity contribution in [2.45, 2.75) is 53.4 Å². The Morgan fingerprint density at radius 1 is 1.24 bits per heavy atom. The lowest BCUT2D eigenvalue weighted by Gasteiger charge is -2.27. The molecule has 2 N–H and O–H groups in total. The number of aromatic nitrogens is 2. The van der Waals surface area contributed by atoms with Crippen molar-refractivity contribution in [3.05, 3.63) is 47.3 Å². The van der Waals surface area contributed by atoms with Crippen molar-refractivity contribution in [1.82, 2.24) is 14.7 Å². The van der Waals surface area contributed by atoms with Crippen LogP contribution in [0.3, 0.4) is 0 Å². The summed E-state index contributed by atoms with van der Waals surface area (Å²) in [7, 11) is 0. The summed E-state index contributed by atoms with van der Waals surface area (Å²) >= 11 is 0. The normalized spacial score (nSPS) is 11.5. The van der Waals surface area contributed by atoms with Crippen LogP contribution in [0.2, 0.25) is 0 Å². The molecule has 21 heavy (non-hydrogen) atoms. The minimum absolute atomic E-state index is 0.449. The Morgan fingerprint density at radius 3 is 2.57 bits per heavy atom. The van der Waals surface area contributed by atoms with Crippen LogP contribution in [0.5, 0.6) is 0 Å². The fourth-order valence-corrected chi connectivity index (χ4v) is 2.53. The Hall–Kier alpha value is -1.81. The Kier molecular flexibility index (Phi) is 5.02. The summed E-state index contributed by atoms with van der Waals surface area (Å²) in [5.74, 6) is 0. The summed E-state index contributed by atoms with van der Waals surface area (Å²) in [6, 6.07) is 10.7. The van der Waals surface area contributed by atoms with E-state index in [2.05, 4.69) is 47.6 Å². The number of nitrogens with zero attached hydrogens (tertiary/aromatic N) is 3. The molecule has 0 saturated carbocycles. The van der Waals surface area contributed by atoms with Gasteiger partial charge in [0.1, 0.15) is 0 Å². The molecule has 0 aliphatic carbocycles. The molecule has 2 rings (SSSR count). The summed E-state index contributed by atoms with van der Waals surface area (Å²) in [6.45, 7) is 11.3. The van der Waals surface area contributed by atoms with E-state index in [9.17, 15) is 0 Å². The van der Waals surface area contributed by atoms with Gasteiger partial charge in [-0.25, -0.2) is 0 Å². The molecule has 2 aromatic rings. The van der Waals surface area contributed by atoms with Crippen LogP contribution in [0.4, 0.5) is 5.69 Å². The van der Waals surface area contributed by atoms with Crippen molar-refractivity contribution >= 4 is 5.69 Å². The number of para-hydroxylation sites is 1. The van der Waals surface area contributed by atoms with Crippen molar-refractivity contribution in [3.63, 3.8) is 0 Å². The minimum Gasteiger partial charge on any atom is -0.398 e. The standard InChI is InChI=1S/C17H26N4/c1-5-21-16(10-14(4)19-21)12-20(13(2)3)11-15-8-6-7-9-17(15)18/h6-10,13H,5,11-12,18H2,1-4H3. The van der Waals surface area contributed by atoms with Crippen molar-refractivity contribution in [2.75, 3.05) is 5.73 Å². The second-order valence-electron chi connectivity index (χ2n) is 5.79. The summed E-state index contributed by atoms with van der Waals surface area (Å²) < 4.78 is 2.08. The summed E-state index contributed by atoms with van der Waals surface area (Å²) in [6.07, 6.45) is 0. The molecule has 0 amide bonds. The van der Waals surface area contributed by atoms with Crippen molar-refractivity contribution in [2.24, 2.45) is 0 Å². The maximum Gasteiger partial charge on any atom is 0.0597 e. The van der Waals surface area contributed by atoms with Gasteiger partial charge in [-0.15, -0.1) is 0 Å². The highest BCUT2D eigenvalue weighted by molar-refractivity contribution is 5.46. The van der Waals surface area contributed by atoms with Gasteiger partial charge in [0.05, 0.1) is 11.4 Å². The molecule has 4 nitrogen and oxygen atoms in total. The van der Waals surface area contributed by atoms with Crippen LogP contribution >= 0.6 is 0 Å². The molecule has 0 spiro atoms. The monoisotopic (exact) mass is 286 g/mol. The lowest BCUT2D eigenvalue weighted by Crippen LogP contribution is -2.31. The maximum absolute atomic E-state index is 6.08. The Labute approximate surface area is 127 Å². The predicted molar refractivity (Wildman–Crippen MR) is 87.9 cm³/mol. The van der Waals surface area contributed by atoms with Crippen LogP contribution in [-0.4, -0.2) is 20.7 Å². The Balaban J connectivity index is 2.18. The molecule has 0 bridgehead atoms. The third-order valence-corrected chi connectivity index (χ3v) is 3.81. The smallest absolute Gasteiger partial charge is 0.0597 e. The van der Waals surface area contributed by atoms with Crippen LogP contribution in [0.25, 0.3) is 0 Å². The van der Waals surface area contributed by atoms with Crippen LogP contribution in [0.1, 0.15) is 37.7 Å². The third-order valence-electron chi connectivity index (χ3n) is 3.81. The van der Waals surface area contributed by atoms with E-state index in [4.69, 9.17) is 5.73 Å². The van der Waals surface area contributed by atoms with Crippen molar-refractivity contribution in [3.8, 4) is 0 Å². The van der Waals surface area contributed by atoms with Crippen molar-refractivity contribution in [1.29, 1.82) is 0 Å². The first-order valence-corrected chi connectivity index (χ1v) is 7.62. The van der Waals surface area contributed by atoms with Crippen LogP contribution in [-0.2, 0) is 19.6 Å². The highest BCUT2D eigenvalue weighted by Gasteiger charge is 2.15. The molecular weight excluding hydrogens is 260 g/mol. The number of rotatable bonds is 6. The van der Waals surface area contributed by atoms with Gasteiger partial charge in [0.25, 0.3) is 0 Å². The molecular formula is C17H26N4. The fourth-order valence-electron chi connectivity index (χ4n) is 2.53.